The van der Waals surface area contributed by atoms with Crippen LogP contribution in [0.4, 0.5) is 0 Å². The molecular formula is C64H120Br2LiN9O15S. The largest absolute Gasteiger partial charge is 1.00 e. The summed E-state index contributed by atoms with van der Waals surface area (Å²) in [5, 5.41) is 44.6. The van der Waals surface area contributed by atoms with Crippen molar-refractivity contribution in [2.75, 3.05) is 44.7 Å². The first-order valence-electron chi connectivity index (χ1n) is 31.3. The van der Waals surface area contributed by atoms with E-state index in [4.69, 9.17) is 30.5 Å². The number of rotatable bonds is 10. The minimum atomic E-state index is -3.73. The molecule has 0 radical (unpaired) electrons. The number of carbonyl (C=O) groups excluding carboxylic acids is 7. The van der Waals surface area contributed by atoms with Crippen molar-refractivity contribution >= 4 is 79.3 Å². The van der Waals surface area contributed by atoms with Gasteiger partial charge in [-0.25, -0.2) is 0 Å². The number of carboxylic acids is 2. The van der Waals surface area contributed by atoms with Gasteiger partial charge in [-0.15, -0.1) is 0 Å². The molecule has 0 bridgehead atoms. The fourth-order valence-electron chi connectivity index (χ4n) is 10.3. The number of hydrogen-bond donors (Lipinski definition) is 10. The molecule has 7 atom stereocenters. The van der Waals surface area contributed by atoms with Crippen LogP contribution in [0.2, 0.25) is 0 Å². The van der Waals surface area contributed by atoms with Gasteiger partial charge in [-0.3, -0.25) is 47.3 Å². The first-order valence-corrected chi connectivity index (χ1v) is 33.1. The van der Waals surface area contributed by atoms with Crippen LogP contribution in [-0.4, -0.2) is 186 Å². The van der Waals surface area contributed by atoms with Gasteiger partial charge >= 0.3 is 18.9 Å². The summed E-state index contributed by atoms with van der Waals surface area (Å²) < 4.78 is 34.8. The molecule has 1 aromatic carbocycles. The summed E-state index contributed by atoms with van der Waals surface area (Å²) in [5.74, 6) is -0.290. The standard InChI is InChI=1S/C12H15NO4S.C11H20N2O.C10H18N2O.C6H11NO.C5H8BrNO.C5H9NO2.C5H9NO.2C2H4O2.C2H6.4CH4.BrH.Li/c1-9-2-5-11(6-3-9)18(15,16)17-8-10-4-7-12(14)13-10;1-2-9-3-4-11(14)13(9)10-5-7-12-8-6-10;1-8-2-3-10(13)12(8)9-4-6-11-7-5-9;1-2-5-3-4-6(8)7-5;6-3-4-1-2-5(8)7-4;7-3-4-1-2-5(8)6-4;1-4-2-3-5(7)6-4;2*1-2(3)4;1-2;;;;;;/h2-3,5-6,10H,4,7-8H2,1H3,(H,13,14);9-10,12H,2-8H2,1H3;8-9,11H,2-7H2,1H3;5H,2-4H2,1H3,(H,7,8);4H,1-3H2,(H,7,8);4,7H,1-3H2,(H,6,8);4H,2-3H2,1H3,(H,6,7);2*1H3,(H,3,4);1-2H3;4*1H4;1H;/q;;;;;;;;;;;;;;;+1/p-1/t10-;9-;8-;5-;3*4-;;;;;;;;;/m0111001........./s1/i;;;;;;;;;1D;;;;;;. The molecule has 532 valence electrons. The number of halogens is 2. The Hall–Kier alpha value is -4.20. The zero-order valence-electron chi connectivity index (χ0n) is 54.6. The van der Waals surface area contributed by atoms with Crippen LogP contribution in [0.3, 0.4) is 0 Å². The SMILES string of the molecule is C.C.C.C.CC(=O)O.CC(=O)O.CC[C@@H]1CCC(=O)N1.CC[C@@H]1CCC(=O)N1C1CCNCC1.C[C@@H]1CCC(=O)N1.C[C@@H]1CCC(=O)N1C1CCNCC1.Cc1ccc(S(=O)(=O)OC[C@@H]2CCC(=O)N2)cc1.O=C1CC[C@@H](CBr)N1.O=C1CC[C@@H](CO)N1.[2H]CC.[Br-].[Li+]. The average molecular weight is 1460 g/mol. The Morgan fingerprint density at radius 1 is 0.587 bits per heavy atom. The molecule has 9 heterocycles. The molecular weight excluding hydrogens is 1330 g/mol. The number of carboxylic acid groups (broad SMARTS) is 2. The average Bonchev–Trinajstić information content (AvgIpc) is 1.84. The van der Waals surface area contributed by atoms with E-state index < -0.39 is 22.1 Å². The van der Waals surface area contributed by atoms with E-state index in [1.807, 2.05) is 13.8 Å². The summed E-state index contributed by atoms with van der Waals surface area (Å²) in [5.41, 5.74) is 0.983. The van der Waals surface area contributed by atoms with Gasteiger partial charge in [0.15, 0.2) is 0 Å². The van der Waals surface area contributed by atoms with E-state index in [0.29, 0.717) is 86.7 Å². The first kappa shape index (κ1) is 96.5. The van der Waals surface area contributed by atoms with Crippen molar-refractivity contribution in [1.29, 1.82) is 0 Å². The molecule has 24 nitrogen and oxygen atoms in total. The molecule has 7 amide bonds. The quantitative estimate of drug-likeness (QED) is 0.0902. The number of likely N-dealkylation sites (tertiary alicyclic amines) is 2. The fraction of sp³-hybridized carbons (Fsp3) is 0.766. The van der Waals surface area contributed by atoms with Crippen LogP contribution in [0.1, 0.15) is 220 Å². The van der Waals surface area contributed by atoms with Crippen molar-refractivity contribution in [1.82, 2.24) is 47.0 Å². The Morgan fingerprint density at radius 3 is 1.25 bits per heavy atom. The van der Waals surface area contributed by atoms with E-state index in [0.717, 1.165) is 154 Å². The molecule has 9 saturated heterocycles. The molecule has 9 aliphatic rings. The molecule has 0 aromatic heterocycles. The number of aryl methyl sites for hydroxylation is 1. The normalized spacial score (nSPS) is 23.3. The van der Waals surface area contributed by atoms with Crippen LogP contribution in [0, 0.1) is 6.92 Å². The Labute approximate surface area is 585 Å². The van der Waals surface area contributed by atoms with Crippen LogP contribution >= 0.6 is 15.9 Å². The number of nitrogens with one attached hydrogen (secondary N) is 7. The van der Waals surface area contributed by atoms with Crippen molar-refractivity contribution in [2.45, 2.75) is 280 Å². The minimum Gasteiger partial charge on any atom is -1.00 e. The maximum absolute atomic E-state index is 11.8. The van der Waals surface area contributed by atoms with E-state index in [1.165, 1.54) is 12.1 Å². The van der Waals surface area contributed by atoms with E-state index in [2.05, 4.69) is 83.7 Å². The van der Waals surface area contributed by atoms with Gasteiger partial charge in [-0.2, -0.15) is 8.42 Å². The summed E-state index contributed by atoms with van der Waals surface area (Å²) in [7, 11) is -3.73. The van der Waals surface area contributed by atoms with Gasteiger partial charge in [-0.05, 0) is 143 Å². The van der Waals surface area contributed by atoms with Crippen LogP contribution in [0.15, 0.2) is 29.2 Å². The van der Waals surface area contributed by atoms with Gasteiger partial charge in [-0.1, -0.05) is 91.0 Å². The maximum atomic E-state index is 11.8. The van der Waals surface area contributed by atoms with Crippen molar-refractivity contribution in [2.24, 2.45) is 0 Å². The molecule has 9 aliphatic heterocycles. The number of aliphatic carboxylic acids is 2. The smallest absolute Gasteiger partial charge is 1.00 e. The third kappa shape index (κ3) is 42.3. The zero-order valence-corrected chi connectivity index (χ0v) is 57.6. The number of piperidine rings is 2. The van der Waals surface area contributed by atoms with E-state index >= 15 is 0 Å². The summed E-state index contributed by atoms with van der Waals surface area (Å²) in [6.45, 7) is 19.2. The van der Waals surface area contributed by atoms with E-state index in [-0.39, 0.29) is 125 Å². The van der Waals surface area contributed by atoms with Gasteiger partial charge in [0.1, 0.15) is 0 Å². The number of aliphatic hydroxyl groups excluding tert-OH is 1. The second-order valence-electron chi connectivity index (χ2n) is 22.1. The Balaban J connectivity index is -0.000000233. The predicted molar refractivity (Wildman–Crippen MR) is 359 cm³/mol. The molecule has 0 spiro atoms. The molecule has 0 aliphatic carbocycles. The molecule has 0 saturated carbocycles. The Morgan fingerprint density at radius 2 is 0.957 bits per heavy atom. The number of alkyl halides is 1. The van der Waals surface area contributed by atoms with Crippen LogP contribution < -0.4 is 73.1 Å². The van der Waals surface area contributed by atoms with Gasteiger partial charge in [0.05, 0.1) is 30.2 Å². The van der Waals surface area contributed by atoms with Crippen molar-refractivity contribution in [3.63, 3.8) is 0 Å². The first-order chi connectivity index (χ1) is 41.2. The maximum Gasteiger partial charge on any atom is 1.00 e. The minimum absolute atomic E-state index is 0. The second-order valence-corrected chi connectivity index (χ2v) is 24.4. The molecule has 10 rings (SSSR count). The molecule has 92 heavy (non-hydrogen) atoms. The number of nitrogens with zero attached hydrogens (tertiary/aromatic N) is 2. The van der Waals surface area contributed by atoms with Gasteiger partial charge < -0.3 is 79.3 Å². The van der Waals surface area contributed by atoms with Crippen LogP contribution in [0.5, 0.6) is 0 Å². The summed E-state index contributed by atoms with van der Waals surface area (Å²) >= 11 is 3.29. The monoisotopic (exact) mass is 1450 g/mol. The molecule has 1 aromatic rings. The number of aliphatic hydroxyl groups is 1. The van der Waals surface area contributed by atoms with Gasteiger partial charge in [0.2, 0.25) is 41.4 Å². The number of amides is 7. The third-order valence-electron chi connectivity index (χ3n) is 15.0. The third-order valence-corrected chi connectivity index (χ3v) is 17.0. The zero-order chi connectivity index (χ0) is 65.5. The fourth-order valence-corrected chi connectivity index (χ4v) is 11.8. The van der Waals surface area contributed by atoms with E-state index in [1.54, 1.807) is 19.1 Å². The predicted octanol–water partition coefficient (Wildman–Crippen LogP) is 1.51. The van der Waals surface area contributed by atoms with Crippen molar-refractivity contribution < 1.29 is 108 Å². The van der Waals surface area contributed by atoms with Gasteiger partial charge in [0, 0.05) is 108 Å². The van der Waals surface area contributed by atoms with E-state index in [9.17, 15) is 42.0 Å². The number of benzene rings is 1. The van der Waals surface area contributed by atoms with Crippen LogP contribution in [0.25, 0.3) is 0 Å². The Bertz CT molecular complexity index is 2280. The number of carbonyl (C=O) groups is 9. The molecule has 28 heteroatoms. The Kier molecular flexibility index (Phi) is 58.7. The summed E-state index contributed by atoms with van der Waals surface area (Å²) in [6.07, 6.45) is 18.0. The van der Waals surface area contributed by atoms with Crippen molar-refractivity contribution in [3.05, 3.63) is 29.8 Å². The van der Waals surface area contributed by atoms with Gasteiger partial charge in [0.25, 0.3) is 22.1 Å². The summed E-state index contributed by atoms with van der Waals surface area (Å²) in [6, 6.07) is 9.62. The van der Waals surface area contributed by atoms with Crippen LogP contribution in [-0.2, 0) is 57.5 Å². The number of hydrogen-bond acceptors (Lipinski definition) is 15. The van der Waals surface area contributed by atoms with Crippen molar-refractivity contribution in [3.8, 4) is 0 Å². The topological polar surface area (TPSA) is 348 Å². The molecule has 10 N–H and O–H groups in total. The molecule has 0 unspecified atom stereocenters. The summed E-state index contributed by atoms with van der Waals surface area (Å²) in [4.78, 5) is 98.5. The second kappa shape index (κ2) is 56.0. The molecule has 9 fully saturated rings.